The van der Waals surface area contributed by atoms with Gasteiger partial charge in [0, 0.05) is 30.8 Å². The standard InChI is InChI=1S/C20H25N3O3S/c1-3-18(24)21-11-15-13-27-19(22-15)14-7-6-10-23(12-14)20(25)16-8-4-5-9-17(16)26-2/h4-5,8-9,13-14H,3,6-7,10-12H2,1-2H3,(H,21,24)/t14-/m0/s1. The molecule has 0 aliphatic carbocycles. The number of para-hydroxylation sites is 1. The van der Waals surface area contributed by atoms with Crippen molar-refractivity contribution in [3.63, 3.8) is 0 Å². The van der Waals surface area contributed by atoms with Gasteiger partial charge >= 0.3 is 0 Å². The second kappa shape index (κ2) is 8.99. The highest BCUT2D eigenvalue weighted by Gasteiger charge is 2.28. The highest BCUT2D eigenvalue weighted by molar-refractivity contribution is 7.09. The van der Waals surface area contributed by atoms with E-state index in [0.717, 1.165) is 30.1 Å². The van der Waals surface area contributed by atoms with Crippen LogP contribution in [0.1, 0.15) is 53.2 Å². The summed E-state index contributed by atoms with van der Waals surface area (Å²) in [6.45, 7) is 3.69. The highest BCUT2D eigenvalue weighted by atomic mass is 32.1. The van der Waals surface area contributed by atoms with Gasteiger partial charge in [-0.05, 0) is 25.0 Å². The van der Waals surface area contributed by atoms with Crippen LogP contribution < -0.4 is 10.1 Å². The van der Waals surface area contributed by atoms with E-state index >= 15 is 0 Å². The van der Waals surface area contributed by atoms with Gasteiger partial charge in [0.25, 0.3) is 5.91 Å². The molecule has 7 heteroatoms. The van der Waals surface area contributed by atoms with Crippen LogP contribution in [0.5, 0.6) is 5.75 Å². The third-order valence-corrected chi connectivity index (χ3v) is 5.81. The van der Waals surface area contributed by atoms with Gasteiger partial charge in [0.05, 0.1) is 29.9 Å². The third kappa shape index (κ3) is 4.66. The van der Waals surface area contributed by atoms with Crippen LogP contribution in [-0.2, 0) is 11.3 Å². The minimum Gasteiger partial charge on any atom is -0.496 e. The average molecular weight is 388 g/mol. The SMILES string of the molecule is CCC(=O)NCc1csc([C@H]2CCCN(C(=O)c3ccccc3OC)C2)n1. The van der Waals surface area contributed by atoms with Crippen molar-refractivity contribution >= 4 is 23.2 Å². The highest BCUT2D eigenvalue weighted by Crippen LogP contribution is 2.31. The summed E-state index contributed by atoms with van der Waals surface area (Å²) in [5.41, 5.74) is 1.48. The van der Waals surface area contributed by atoms with Crippen molar-refractivity contribution in [2.24, 2.45) is 0 Å². The van der Waals surface area contributed by atoms with E-state index in [1.54, 1.807) is 18.4 Å². The first-order valence-corrected chi connectivity index (χ1v) is 10.1. The van der Waals surface area contributed by atoms with Gasteiger partial charge in [-0.3, -0.25) is 9.59 Å². The Bertz CT molecular complexity index is 805. The molecule has 1 N–H and O–H groups in total. The van der Waals surface area contributed by atoms with Crippen LogP contribution in [0.15, 0.2) is 29.6 Å². The van der Waals surface area contributed by atoms with Crippen LogP contribution in [0.3, 0.4) is 0 Å². The molecule has 2 amide bonds. The predicted octanol–water partition coefficient (Wildman–Crippen LogP) is 3.20. The number of ether oxygens (including phenoxy) is 1. The molecule has 6 nitrogen and oxygen atoms in total. The number of piperidine rings is 1. The van der Waals surface area contributed by atoms with Crippen LogP contribution in [0.25, 0.3) is 0 Å². The van der Waals surface area contributed by atoms with Crippen molar-refractivity contribution < 1.29 is 14.3 Å². The minimum absolute atomic E-state index is 0.00383. The molecule has 0 unspecified atom stereocenters. The Balaban J connectivity index is 1.66. The number of nitrogens with zero attached hydrogens (tertiary/aromatic N) is 2. The lowest BCUT2D eigenvalue weighted by Gasteiger charge is -2.32. The van der Waals surface area contributed by atoms with E-state index in [1.165, 1.54) is 0 Å². The molecule has 27 heavy (non-hydrogen) atoms. The van der Waals surface area contributed by atoms with E-state index in [4.69, 9.17) is 4.74 Å². The number of benzene rings is 1. The largest absolute Gasteiger partial charge is 0.496 e. The molecule has 3 rings (SSSR count). The number of carbonyl (C=O) groups is 2. The normalized spacial score (nSPS) is 16.8. The van der Waals surface area contributed by atoms with E-state index in [-0.39, 0.29) is 17.7 Å². The first-order valence-electron chi connectivity index (χ1n) is 9.25. The molecule has 1 aromatic carbocycles. The van der Waals surface area contributed by atoms with Crippen molar-refractivity contribution in [2.45, 2.75) is 38.6 Å². The molecule has 1 fully saturated rings. The topological polar surface area (TPSA) is 71.5 Å². The maximum Gasteiger partial charge on any atom is 0.257 e. The fourth-order valence-corrected chi connectivity index (χ4v) is 4.21. The fraction of sp³-hybridized carbons (Fsp3) is 0.450. The second-order valence-electron chi connectivity index (χ2n) is 6.60. The van der Waals surface area contributed by atoms with Gasteiger partial charge in [-0.1, -0.05) is 19.1 Å². The first kappa shape index (κ1) is 19.4. The molecule has 0 bridgehead atoms. The summed E-state index contributed by atoms with van der Waals surface area (Å²) in [5.74, 6) is 0.866. The summed E-state index contributed by atoms with van der Waals surface area (Å²) in [5, 5.41) is 5.88. The van der Waals surface area contributed by atoms with Crippen LogP contribution in [0, 0.1) is 0 Å². The molecule has 1 aliphatic rings. The fourth-order valence-electron chi connectivity index (χ4n) is 3.26. The minimum atomic E-state index is 0.00383. The summed E-state index contributed by atoms with van der Waals surface area (Å²) in [6.07, 6.45) is 2.44. The lowest BCUT2D eigenvalue weighted by Crippen LogP contribution is -2.39. The van der Waals surface area contributed by atoms with Crippen molar-refractivity contribution in [3.8, 4) is 5.75 Å². The number of hydrogen-bond acceptors (Lipinski definition) is 5. The molecular formula is C20H25N3O3S. The van der Waals surface area contributed by atoms with Gasteiger partial charge in [-0.15, -0.1) is 11.3 Å². The van der Waals surface area contributed by atoms with Crippen LogP contribution >= 0.6 is 11.3 Å². The monoisotopic (exact) mass is 387 g/mol. The van der Waals surface area contributed by atoms with Gasteiger partial charge in [0.2, 0.25) is 5.91 Å². The summed E-state index contributed by atoms with van der Waals surface area (Å²) in [7, 11) is 1.58. The van der Waals surface area contributed by atoms with Crippen molar-refractivity contribution in [2.75, 3.05) is 20.2 Å². The number of hydrogen-bond donors (Lipinski definition) is 1. The smallest absolute Gasteiger partial charge is 0.257 e. The Morgan fingerprint density at radius 3 is 2.96 bits per heavy atom. The molecule has 1 atom stereocenters. The molecule has 2 heterocycles. The third-order valence-electron chi connectivity index (χ3n) is 4.75. The number of likely N-dealkylation sites (tertiary alicyclic amines) is 1. The number of rotatable bonds is 6. The molecule has 0 saturated carbocycles. The quantitative estimate of drug-likeness (QED) is 0.826. The Kier molecular flexibility index (Phi) is 6.45. The lowest BCUT2D eigenvalue weighted by molar-refractivity contribution is -0.120. The van der Waals surface area contributed by atoms with E-state index < -0.39 is 0 Å². The maximum absolute atomic E-state index is 13.0. The van der Waals surface area contributed by atoms with Gasteiger partial charge in [-0.2, -0.15) is 0 Å². The number of carbonyl (C=O) groups excluding carboxylic acids is 2. The Hall–Kier alpha value is -2.41. The zero-order chi connectivity index (χ0) is 19.2. The van der Waals surface area contributed by atoms with Crippen molar-refractivity contribution in [3.05, 3.63) is 45.9 Å². The van der Waals surface area contributed by atoms with Gasteiger partial charge in [0.15, 0.2) is 0 Å². The van der Waals surface area contributed by atoms with Crippen LogP contribution in [0.4, 0.5) is 0 Å². The number of nitrogens with one attached hydrogen (secondary N) is 1. The molecule has 1 aliphatic heterocycles. The first-order chi connectivity index (χ1) is 13.1. The predicted molar refractivity (Wildman–Crippen MR) is 105 cm³/mol. The van der Waals surface area contributed by atoms with Gasteiger partial charge < -0.3 is 15.0 Å². The van der Waals surface area contributed by atoms with Crippen molar-refractivity contribution in [1.29, 1.82) is 0 Å². The number of methoxy groups -OCH3 is 1. The number of amides is 2. The van der Waals surface area contributed by atoms with Crippen molar-refractivity contribution in [1.82, 2.24) is 15.2 Å². The molecule has 2 aromatic rings. The number of aromatic nitrogens is 1. The Labute approximate surface area is 163 Å². The maximum atomic E-state index is 13.0. The average Bonchev–Trinajstić information content (AvgIpc) is 3.20. The van der Waals surface area contributed by atoms with Gasteiger partial charge in [-0.25, -0.2) is 4.98 Å². The molecule has 0 radical (unpaired) electrons. The van der Waals surface area contributed by atoms with E-state index in [9.17, 15) is 9.59 Å². The lowest BCUT2D eigenvalue weighted by atomic mass is 9.98. The van der Waals surface area contributed by atoms with E-state index in [2.05, 4.69) is 10.3 Å². The second-order valence-corrected chi connectivity index (χ2v) is 7.49. The molecule has 0 spiro atoms. The van der Waals surface area contributed by atoms with E-state index in [1.807, 2.05) is 41.5 Å². The molecule has 1 saturated heterocycles. The summed E-state index contributed by atoms with van der Waals surface area (Å²) in [4.78, 5) is 30.9. The summed E-state index contributed by atoms with van der Waals surface area (Å²) >= 11 is 1.61. The van der Waals surface area contributed by atoms with Crippen LogP contribution in [-0.4, -0.2) is 41.9 Å². The van der Waals surface area contributed by atoms with Gasteiger partial charge in [0.1, 0.15) is 5.75 Å². The molecule has 144 valence electrons. The van der Waals surface area contributed by atoms with Crippen LogP contribution in [0.2, 0.25) is 0 Å². The Morgan fingerprint density at radius 2 is 2.19 bits per heavy atom. The zero-order valence-corrected chi connectivity index (χ0v) is 16.6. The van der Waals surface area contributed by atoms with E-state index in [0.29, 0.717) is 30.8 Å². The summed E-state index contributed by atoms with van der Waals surface area (Å²) < 4.78 is 5.34. The Morgan fingerprint density at radius 1 is 1.37 bits per heavy atom. The zero-order valence-electron chi connectivity index (χ0n) is 15.7. The molecule has 1 aromatic heterocycles. The number of thiazole rings is 1. The summed E-state index contributed by atoms with van der Waals surface area (Å²) in [6, 6.07) is 7.34. The molecular weight excluding hydrogens is 362 g/mol.